The highest BCUT2D eigenvalue weighted by atomic mass is 16.5. The van der Waals surface area contributed by atoms with E-state index in [0.29, 0.717) is 24.4 Å². The Kier molecular flexibility index (Phi) is 7.79. The van der Waals surface area contributed by atoms with Gasteiger partial charge in [-0.15, -0.1) is 0 Å². The third-order valence-corrected chi connectivity index (χ3v) is 2.08. The van der Waals surface area contributed by atoms with Crippen molar-refractivity contribution in [2.75, 3.05) is 6.54 Å². The van der Waals surface area contributed by atoms with Gasteiger partial charge in [-0.25, -0.2) is 0 Å². The summed E-state index contributed by atoms with van der Waals surface area (Å²) in [5, 5.41) is 36.3. The Morgan fingerprint density at radius 2 is 1.60 bits per heavy atom. The van der Waals surface area contributed by atoms with E-state index in [4.69, 9.17) is 26.9 Å². The second kappa shape index (κ2) is 7.94. The Morgan fingerprint density at radius 1 is 1.00 bits per heavy atom. The molecule has 1 unspecified atom stereocenters. The van der Waals surface area contributed by atoms with Crippen molar-refractivity contribution in [3.05, 3.63) is 0 Å². The Balaban J connectivity index is 3.73. The minimum atomic E-state index is -1.99. The van der Waals surface area contributed by atoms with Gasteiger partial charge >= 0.3 is 0 Å². The van der Waals surface area contributed by atoms with Crippen molar-refractivity contribution in [1.82, 2.24) is 5.01 Å². The fourth-order valence-electron chi connectivity index (χ4n) is 1.13. The first-order chi connectivity index (χ1) is 7.00. The number of aliphatic hydroxyl groups excluding tert-OH is 3. The van der Waals surface area contributed by atoms with Crippen LogP contribution in [0, 0.1) is 0 Å². The van der Waals surface area contributed by atoms with Gasteiger partial charge < -0.3 is 26.2 Å². The zero-order chi connectivity index (χ0) is 11.8. The van der Waals surface area contributed by atoms with Crippen LogP contribution in [0.2, 0.25) is 0 Å². The smallest absolute Gasteiger partial charge is 0.193 e. The van der Waals surface area contributed by atoms with E-state index in [-0.39, 0.29) is 0 Å². The average molecular weight is 223 g/mol. The molecule has 0 bridgehead atoms. The van der Waals surface area contributed by atoms with Crippen molar-refractivity contribution in [3.63, 3.8) is 0 Å². The van der Waals surface area contributed by atoms with Crippen LogP contribution in [-0.2, 0) is 0 Å². The van der Waals surface area contributed by atoms with Gasteiger partial charge in [0.1, 0.15) is 6.23 Å². The summed E-state index contributed by atoms with van der Waals surface area (Å²) in [6.45, 7) is 0.598. The van der Waals surface area contributed by atoms with Crippen LogP contribution < -0.4 is 11.6 Å². The van der Waals surface area contributed by atoms with E-state index in [1.54, 1.807) is 0 Å². The normalized spacial score (nSPS) is 16.0. The lowest BCUT2D eigenvalue weighted by Crippen LogP contribution is -2.53. The summed E-state index contributed by atoms with van der Waals surface area (Å²) in [6, 6.07) is 0. The zero-order valence-corrected chi connectivity index (χ0v) is 8.66. The molecule has 0 saturated carbocycles. The van der Waals surface area contributed by atoms with Crippen LogP contribution in [0.15, 0.2) is 0 Å². The van der Waals surface area contributed by atoms with Gasteiger partial charge in [-0.3, -0.25) is 5.84 Å². The number of hydrogen-bond acceptors (Lipinski definition) is 7. The van der Waals surface area contributed by atoms with Gasteiger partial charge in [-0.05, 0) is 25.8 Å². The molecule has 0 aliphatic rings. The second-order valence-electron chi connectivity index (χ2n) is 3.39. The number of hydrazine groups is 1. The molecular formula is C8H21N3O4. The maximum atomic E-state index is 9.42. The van der Waals surface area contributed by atoms with Crippen LogP contribution >= 0.6 is 0 Å². The first-order valence-electron chi connectivity index (χ1n) is 4.96. The van der Waals surface area contributed by atoms with Crippen LogP contribution in [-0.4, -0.2) is 50.7 Å². The number of aliphatic hydroxyl groups is 4. The topological polar surface area (TPSA) is 136 Å². The van der Waals surface area contributed by atoms with Crippen molar-refractivity contribution >= 4 is 0 Å². The van der Waals surface area contributed by atoms with Gasteiger partial charge in [-0.1, -0.05) is 6.42 Å². The lowest BCUT2D eigenvalue weighted by Gasteiger charge is -2.28. The lowest BCUT2D eigenvalue weighted by atomic mass is 10.2. The number of unbranched alkanes of at least 4 members (excludes halogenated alkanes) is 2. The molecular weight excluding hydrogens is 202 g/mol. The monoisotopic (exact) mass is 223 g/mol. The van der Waals surface area contributed by atoms with Crippen molar-refractivity contribution in [1.29, 1.82) is 0 Å². The summed E-state index contributed by atoms with van der Waals surface area (Å²) in [6.07, 6.45) is -2.00. The third-order valence-electron chi connectivity index (χ3n) is 2.08. The number of rotatable bonds is 8. The van der Waals surface area contributed by atoms with E-state index in [2.05, 4.69) is 0 Å². The van der Waals surface area contributed by atoms with Crippen LogP contribution in [0.1, 0.15) is 25.7 Å². The van der Waals surface area contributed by atoms with E-state index in [1.807, 2.05) is 0 Å². The fourth-order valence-corrected chi connectivity index (χ4v) is 1.13. The molecule has 0 aromatic carbocycles. The number of nitrogens with zero attached hydrogens (tertiary/aromatic N) is 1. The summed E-state index contributed by atoms with van der Waals surface area (Å²) < 4.78 is 0. The summed E-state index contributed by atoms with van der Waals surface area (Å²) in [7, 11) is 0. The van der Waals surface area contributed by atoms with Gasteiger partial charge in [0.15, 0.2) is 12.5 Å². The van der Waals surface area contributed by atoms with Gasteiger partial charge in [0.05, 0.1) is 0 Å². The van der Waals surface area contributed by atoms with E-state index in [9.17, 15) is 5.11 Å². The van der Waals surface area contributed by atoms with Gasteiger partial charge in [-0.2, -0.15) is 5.01 Å². The highest BCUT2D eigenvalue weighted by molar-refractivity contribution is 4.60. The molecule has 0 radical (unpaired) electrons. The summed E-state index contributed by atoms with van der Waals surface area (Å²) >= 11 is 0. The quantitative estimate of drug-likeness (QED) is 0.117. The van der Waals surface area contributed by atoms with Crippen molar-refractivity contribution < 1.29 is 20.4 Å². The van der Waals surface area contributed by atoms with Crippen LogP contribution in [0.4, 0.5) is 0 Å². The molecule has 0 heterocycles. The van der Waals surface area contributed by atoms with Crippen molar-refractivity contribution in [2.45, 2.75) is 44.4 Å². The molecule has 0 amide bonds. The Hall–Kier alpha value is -0.280. The van der Waals surface area contributed by atoms with E-state index >= 15 is 0 Å². The maximum Gasteiger partial charge on any atom is 0.193 e. The highest BCUT2D eigenvalue weighted by Gasteiger charge is 2.24. The molecule has 0 aromatic heterocycles. The second-order valence-corrected chi connectivity index (χ2v) is 3.39. The minimum absolute atomic E-state index is 0.348. The molecule has 0 aliphatic heterocycles. The first-order valence-corrected chi connectivity index (χ1v) is 4.96. The summed E-state index contributed by atoms with van der Waals surface area (Å²) in [5.41, 5.74) is 5.29. The van der Waals surface area contributed by atoms with Gasteiger partial charge in [0, 0.05) is 0 Å². The Bertz CT molecular complexity index is 159. The lowest BCUT2D eigenvalue weighted by molar-refractivity contribution is -0.213. The molecule has 92 valence electrons. The van der Waals surface area contributed by atoms with Crippen LogP contribution in [0.25, 0.3) is 0 Å². The molecule has 0 aliphatic carbocycles. The average Bonchev–Trinajstić information content (AvgIpc) is 2.21. The van der Waals surface area contributed by atoms with E-state index in [0.717, 1.165) is 12.8 Å². The predicted octanol–water partition coefficient (Wildman–Crippen LogP) is -2.37. The van der Waals surface area contributed by atoms with Crippen LogP contribution in [0.5, 0.6) is 0 Å². The van der Waals surface area contributed by atoms with Gasteiger partial charge in [0.2, 0.25) is 0 Å². The van der Waals surface area contributed by atoms with Crippen LogP contribution in [0.3, 0.4) is 0 Å². The van der Waals surface area contributed by atoms with Crippen molar-refractivity contribution in [3.8, 4) is 0 Å². The SMILES string of the molecule is NCCCCC[C@H](O)N(N)C(O)C(O)O. The van der Waals surface area contributed by atoms with Crippen molar-refractivity contribution in [2.24, 2.45) is 11.6 Å². The summed E-state index contributed by atoms with van der Waals surface area (Å²) in [5.74, 6) is 5.27. The van der Waals surface area contributed by atoms with Gasteiger partial charge in [0.25, 0.3) is 0 Å². The fraction of sp³-hybridized carbons (Fsp3) is 1.00. The Morgan fingerprint density at radius 3 is 2.07 bits per heavy atom. The molecule has 0 aromatic rings. The molecule has 7 nitrogen and oxygen atoms in total. The molecule has 0 fully saturated rings. The molecule has 8 N–H and O–H groups in total. The molecule has 0 rings (SSSR count). The number of nitrogens with two attached hydrogens (primary N) is 2. The Labute approximate surface area is 88.9 Å². The predicted molar refractivity (Wildman–Crippen MR) is 53.8 cm³/mol. The third kappa shape index (κ3) is 6.00. The first kappa shape index (κ1) is 14.7. The van der Waals surface area contributed by atoms with E-state index < -0.39 is 18.7 Å². The molecule has 15 heavy (non-hydrogen) atoms. The molecule has 2 atom stereocenters. The maximum absolute atomic E-state index is 9.42. The molecule has 7 heteroatoms. The molecule has 0 spiro atoms. The summed E-state index contributed by atoms with van der Waals surface area (Å²) in [4.78, 5) is 0. The largest absolute Gasteiger partial charge is 0.377 e. The molecule has 0 saturated heterocycles. The zero-order valence-electron chi connectivity index (χ0n) is 8.66. The standard InChI is InChI=1S/C8H21N3O4/c9-5-3-1-2-4-6(12)11(10)7(13)8(14)15/h6-8,12-15H,1-5,9-10H2/t6-,7?/m0/s1. The highest BCUT2D eigenvalue weighted by Crippen LogP contribution is 2.07. The minimum Gasteiger partial charge on any atom is -0.377 e. The van der Waals surface area contributed by atoms with E-state index in [1.165, 1.54) is 0 Å². The number of hydrogen-bond donors (Lipinski definition) is 6.